The zero-order valence-electron chi connectivity index (χ0n) is 6.82. The number of rotatable bonds is 4. The molecule has 6 heteroatoms. The molecule has 0 bridgehead atoms. The molecule has 0 aliphatic rings. The average Bonchev–Trinajstić information content (AvgIpc) is 2.48. The lowest BCUT2D eigenvalue weighted by Crippen LogP contribution is -1.95. The van der Waals surface area contributed by atoms with Crippen molar-refractivity contribution in [3.63, 3.8) is 0 Å². The lowest BCUT2D eigenvalue weighted by atomic mass is 10.5. The van der Waals surface area contributed by atoms with Gasteiger partial charge in [-0.2, -0.15) is 0 Å². The second kappa shape index (κ2) is 5.93. The molecule has 0 aliphatic carbocycles. The first kappa shape index (κ1) is 11.4. The molecular weight excluding hydrogens is 182 g/mol. The fraction of sp³-hybridized carbons (Fsp3) is 0.667. The molecular formula is C6H12ClN3O2. The van der Waals surface area contributed by atoms with Crippen LogP contribution in [0, 0.1) is 0 Å². The molecule has 0 unspecified atom stereocenters. The summed E-state index contributed by atoms with van der Waals surface area (Å²) < 4.78 is 9.94. The minimum absolute atomic E-state index is 0. The Kier molecular flexibility index (Phi) is 5.61. The summed E-state index contributed by atoms with van der Waals surface area (Å²) in [5.41, 5.74) is 5.26. The van der Waals surface area contributed by atoms with E-state index in [0.717, 1.165) is 0 Å². The maximum atomic E-state index is 5.26. The van der Waals surface area contributed by atoms with Crippen molar-refractivity contribution < 1.29 is 9.15 Å². The Morgan fingerprint density at radius 1 is 1.42 bits per heavy atom. The van der Waals surface area contributed by atoms with Crippen molar-refractivity contribution in [3.05, 3.63) is 11.8 Å². The normalized spacial score (nSPS) is 9.50. The van der Waals surface area contributed by atoms with E-state index >= 15 is 0 Å². The van der Waals surface area contributed by atoms with Crippen LogP contribution in [0.3, 0.4) is 0 Å². The van der Waals surface area contributed by atoms with Gasteiger partial charge in [0, 0.05) is 13.5 Å². The molecule has 0 saturated heterocycles. The smallest absolute Gasteiger partial charge is 0.230 e. The number of nitrogens with zero attached hydrogens (tertiary/aromatic N) is 2. The molecule has 2 N–H and O–H groups in total. The number of methoxy groups -OCH3 is 1. The zero-order chi connectivity index (χ0) is 8.10. The third-order valence-corrected chi connectivity index (χ3v) is 1.20. The molecule has 0 amide bonds. The highest BCUT2D eigenvalue weighted by atomic mass is 35.5. The van der Waals surface area contributed by atoms with Gasteiger partial charge in [0.15, 0.2) is 0 Å². The van der Waals surface area contributed by atoms with Crippen LogP contribution in [0.1, 0.15) is 11.8 Å². The third-order valence-electron chi connectivity index (χ3n) is 1.20. The van der Waals surface area contributed by atoms with Crippen LogP contribution in [0.25, 0.3) is 0 Å². The van der Waals surface area contributed by atoms with Crippen LogP contribution in [-0.4, -0.2) is 23.9 Å². The second-order valence-electron chi connectivity index (χ2n) is 2.04. The lowest BCUT2D eigenvalue weighted by molar-refractivity contribution is 0.194. The topological polar surface area (TPSA) is 74.2 Å². The number of hydrogen-bond donors (Lipinski definition) is 1. The Bertz CT molecular complexity index is 216. The van der Waals surface area contributed by atoms with E-state index in [9.17, 15) is 0 Å². The summed E-state index contributed by atoms with van der Waals surface area (Å²) in [7, 11) is 1.63. The van der Waals surface area contributed by atoms with Gasteiger partial charge in [-0.25, -0.2) is 0 Å². The summed E-state index contributed by atoms with van der Waals surface area (Å²) in [5, 5.41) is 7.44. The quantitative estimate of drug-likeness (QED) is 0.736. The first-order valence-electron chi connectivity index (χ1n) is 3.37. The van der Waals surface area contributed by atoms with Crippen LogP contribution in [0.2, 0.25) is 0 Å². The number of halogens is 1. The molecule has 0 atom stereocenters. The number of hydrogen-bond acceptors (Lipinski definition) is 5. The molecule has 1 heterocycles. The molecule has 0 radical (unpaired) electrons. The third kappa shape index (κ3) is 3.17. The summed E-state index contributed by atoms with van der Waals surface area (Å²) in [5.74, 6) is 1.04. The summed E-state index contributed by atoms with van der Waals surface area (Å²) in [6.07, 6.45) is 0.642. The van der Waals surface area contributed by atoms with Crippen LogP contribution < -0.4 is 5.73 Å². The zero-order valence-corrected chi connectivity index (χ0v) is 7.63. The van der Waals surface area contributed by atoms with Crippen LogP contribution in [-0.2, 0) is 17.7 Å². The first-order valence-corrected chi connectivity index (χ1v) is 3.37. The number of ether oxygens (including phenoxy) is 1. The Morgan fingerprint density at radius 3 is 2.58 bits per heavy atom. The molecule has 1 aromatic heterocycles. The summed E-state index contributed by atoms with van der Waals surface area (Å²) >= 11 is 0. The number of nitrogens with two attached hydrogens (primary N) is 1. The van der Waals surface area contributed by atoms with Crippen molar-refractivity contribution in [1.29, 1.82) is 0 Å². The van der Waals surface area contributed by atoms with Crippen LogP contribution in [0.5, 0.6) is 0 Å². The average molecular weight is 194 g/mol. The van der Waals surface area contributed by atoms with Crippen molar-refractivity contribution in [2.24, 2.45) is 5.73 Å². The Balaban J connectivity index is 0.00000121. The van der Waals surface area contributed by atoms with Gasteiger partial charge < -0.3 is 14.9 Å². The lowest BCUT2D eigenvalue weighted by Gasteiger charge is -1.90. The molecule has 0 spiro atoms. The maximum Gasteiger partial charge on any atom is 0.230 e. The summed E-state index contributed by atoms with van der Waals surface area (Å²) in [6, 6.07) is 0. The Hall–Kier alpha value is -0.650. The minimum atomic E-state index is 0. The maximum absolute atomic E-state index is 5.26. The van der Waals surface area contributed by atoms with Crippen molar-refractivity contribution in [2.75, 3.05) is 13.7 Å². The first-order chi connectivity index (χ1) is 5.36. The molecule has 12 heavy (non-hydrogen) atoms. The standard InChI is InChI=1S/C6H11N3O2.ClH/c1-10-3-2-5-8-9-6(4-7)11-5;/h2-4,7H2,1H3;1H. The van der Waals surface area contributed by atoms with E-state index in [1.54, 1.807) is 7.11 Å². The van der Waals surface area contributed by atoms with E-state index in [0.29, 0.717) is 31.4 Å². The monoisotopic (exact) mass is 193 g/mol. The predicted molar refractivity (Wildman–Crippen MR) is 45.0 cm³/mol. The highest BCUT2D eigenvalue weighted by Gasteiger charge is 2.02. The highest BCUT2D eigenvalue weighted by molar-refractivity contribution is 5.85. The van der Waals surface area contributed by atoms with Gasteiger partial charge >= 0.3 is 0 Å². The fourth-order valence-electron chi connectivity index (χ4n) is 0.661. The van der Waals surface area contributed by atoms with Gasteiger partial charge in [-0.15, -0.1) is 22.6 Å². The van der Waals surface area contributed by atoms with Crippen molar-refractivity contribution >= 4 is 12.4 Å². The second-order valence-corrected chi connectivity index (χ2v) is 2.04. The van der Waals surface area contributed by atoms with Crippen LogP contribution in [0.4, 0.5) is 0 Å². The van der Waals surface area contributed by atoms with Gasteiger partial charge in [-0.3, -0.25) is 0 Å². The Labute approximate surface area is 76.7 Å². The van der Waals surface area contributed by atoms with Gasteiger partial charge in [0.2, 0.25) is 11.8 Å². The summed E-state index contributed by atoms with van der Waals surface area (Å²) in [6.45, 7) is 0.881. The largest absolute Gasteiger partial charge is 0.424 e. The van der Waals surface area contributed by atoms with Crippen LogP contribution >= 0.6 is 12.4 Å². The van der Waals surface area contributed by atoms with E-state index in [2.05, 4.69) is 10.2 Å². The minimum Gasteiger partial charge on any atom is -0.424 e. The van der Waals surface area contributed by atoms with Crippen molar-refractivity contribution in [3.8, 4) is 0 Å². The SMILES string of the molecule is COCCc1nnc(CN)o1.Cl. The van der Waals surface area contributed by atoms with E-state index in [1.165, 1.54) is 0 Å². The van der Waals surface area contributed by atoms with Gasteiger partial charge in [0.25, 0.3) is 0 Å². The van der Waals surface area contributed by atoms with Gasteiger partial charge in [0.1, 0.15) is 0 Å². The molecule has 70 valence electrons. The van der Waals surface area contributed by atoms with Gasteiger partial charge in [0.05, 0.1) is 13.2 Å². The predicted octanol–water partition coefficient (Wildman–Crippen LogP) is 0.139. The van der Waals surface area contributed by atoms with E-state index in [-0.39, 0.29) is 12.4 Å². The van der Waals surface area contributed by atoms with E-state index < -0.39 is 0 Å². The van der Waals surface area contributed by atoms with Gasteiger partial charge in [-0.1, -0.05) is 0 Å². The molecule has 5 nitrogen and oxygen atoms in total. The summed E-state index contributed by atoms with van der Waals surface area (Å²) in [4.78, 5) is 0. The van der Waals surface area contributed by atoms with E-state index in [4.69, 9.17) is 14.9 Å². The molecule has 1 rings (SSSR count). The molecule has 1 aromatic rings. The molecule has 0 aliphatic heterocycles. The van der Waals surface area contributed by atoms with Crippen LogP contribution in [0.15, 0.2) is 4.42 Å². The van der Waals surface area contributed by atoms with Crippen molar-refractivity contribution in [2.45, 2.75) is 13.0 Å². The van der Waals surface area contributed by atoms with Crippen molar-refractivity contribution in [1.82, 2.24) is 10.2 Å². The van der Waals surface area contributed by atoms with E-state index in [1.807, 2.05) is 0 Å². The number of aromatic nitrogens is 2. The Morgan fingerprint density at radius 2 is 2.08 bits per heavy atom. The van der Waals surface area contributed by atoms with Gasteiger partial charge in [-0.05, 0) is 0 Å². The highest BCUT2D eigenvalue weighted by Crippen LogP contribution is 1.98. The molecule has 0 saturated carbocycles. The molecule has 0 fully saturated rings. The fourth-order valence-corrected chi connectivity index (χ4v) is 0.661. The molecule has 0 aromatic carbocycles.